The van der Waals surface area contributed by atoms with Crippen LogP contribution in [0.1, 0.15) is 171 Å². The molecule has 1 heterocycles. The van der Waals surface area contributed by atoms with Crippen molar-refractivity contribution in [1.82, 2.24) is 4.57 Å². The number of hydrogen-bond donors (Lipinski definition) is 0. The van der Waals surface area contributed by atoms with Gasteiger partial charge in [-0.05, 0) is 42.7 Å². The molecular weight excluding hydrogens is 532 g/mol. The normalized spacial score (nSPS) is 12.2. The molecule has 0 aliphatic carbocycles. The zero-order valence-corrected chi connectivity index (χ0v) is 29.1. The minimum Gasteiger partial charge on any atom is -0.234 e. The Bertz CT molecular complexity index is 1080. The first-order valence-electron chi connectivity index (χ1n) is 18.9. The first kappa shape index (κ1) is 36.1. The van der Waals surface area contributed by atoms with Gasteiger partial charge in [0.1, 0.15) is 11.9 Å². The van der Waals surface area contributed by atoms with E-state index in [2.05, 4.69) is 96.8 Å². The van der Waals surface area contributed by atoms with Gasteiger partial charge in [0, 0.05) is 6.42 Å². The number of aromatic nitrogens is 2. The molecule has 1 aromatic heterocycles. The second-order valence-corrected chi connectivity index (χ2v) is 13.6. The Labute approximate surface area is 272 Å². The fourth-order valence-corrected chi connectivity index (χ4v) is 6.81. The van der Waals surface area contributed by atoms with E-state index in [1.807, 2.05) is 0 Å². The lowest BCUT2D eigenvalue weighted by atomic mass is 9.96. The number of benzene rings is 2. The lowest BCUT2D eigenvalue weighted by Crippen LogP contribution is -2.37. The molecule has 1 atom stereocenters. The SMILES string of the molecule is CCCCCCCCCCCCCCCn1c(CC(C)c2ccccc2)c[n+](CCCCCCCC)c1Cc1ccccc1. The summed E-state index contributed by atoms with van der Waals surface area (Å²) in [5, 5.41) is 0. The van der Waals surface area contributed by atoms with Crippen LogP contribution in [0.4, 0.5) is 0 Å². The molecule has 0 aliphatic heterocycles. The van der Waals surface area contributed by atoms with Crippen molar-refractivity contribution in [1.29, 1.82) is 0 Å². The van der Waals surface area contributed by atoms with Crippen molar-refractivity contribution in [2.75, 3.05) is 0 Å². The molecule has 0 amide bonds. The molecule has 3 rings (SSSR count). The maximum Gasteiger partial charge on any atom is 0.261 e. The number of rotatable bonds is 26. The van der Waals surface area contributed by atoms with E-state index in [9.17, 15) is 0 Å². The maximum atomic E-state index is 2.74. The van der Waals surface area contributed by atoms with Gasteiger partial charge in [0.05, 0.1) is 19.5 Å². The second kappa shape index (κ2) is 23.1. The van der Waals surface area contributed by atoms with Gasteiger partial charge in [-0.25, -0.2) is 9.13 Å². The predicted molar refractivity (Wildman–Crippen MR) is 192 cm³/mol. The fraction of sp³-hybridized carbons (Fsp3) is 0.643. The summed E-state index contributed by atoms with van der Waals surface area (Å²) < 4.78 is 5.38. The first-order chi connectivity index (χ1) is 21.7. The Morgan fingerprint density at radius 2 is 1.05 bits per heavy atom. The van der Waals surface area contributed by atoms with Crippen molar-refractivity contribution in [3.8, 4) is 0 Å². The van der Waals surface area contributed by atoms with Crippen LogP contribution >= 0.6 is 0 Å². The van der Waals surface area contributed by atoms with Gasteiger partial charge in [-0.2, -0.15) is 0 Å². The van der Waals surface area contributed by atoms with Crippen molar-refractivity contribution >= 4 is 0 Å². The molecule has 0 fully saturated rings. The zero-order chi connectivity index (χ0) is 31.1. The summed E-state index contributed by atoms with van der Waals surface area (Å²) in [7, 11) is 0. The van der Waals surface area contributed by atoms with E-state index in [0.717, 1.165) is 25.9 Å². The summed E-state index contributed by atoms with van der Waals surface area (Å²) in [5.41, 5.74) is 4.40. The fourth-order valence-electron chi connectivity index (χ4n) is 6.81. The van der Waals surface area contributed by atoms with Crippen molar-refractivity contribution < 1.29 is 4.57 Å². The third kappa shape index (κ3) is 14.2. The summed E-state index contributed by atoms with van der Waals surface area (Å²) in [6.07, 6.45) is 31.1. The quantitative estimate of drug-likeness (QED) is 0.0641. The topological polar surface area (TPSA) is 8.81 Å². The number of imidazole rings is 1. The minimum atomic E-state index is 0.517. The van der Waals surface area contributed by atoms with Crippen LogP contribution in [0.15, 0.2) is 66.9 Å². The van der Waals surface area contributed by atoms with Gasteiger partial charge in [0.25, 0.3) is 5.82 Å². The minimum absolute atomic E-state index is 0.517. The lowest BCUT2D eigenvalue weighted by Gasteiger charge is -2.12. The average Bonchev–Trinajstić information content (AvgIpc) is 3.36. The third-order valence-corrected chi connectivity index (χ3v) is 9.62. The van der Waals surface area contributed by atoms with Crippen LogP contribution in [0.5, 0.6) is 0 Å². The van der Waals surface area contributed by atoms with Crippen molar-refractivity contribution in [2.24, 2.45) is 0 Å². The van der Waals surface area contributed by atoms with Crippen LogP contribution in [-0.4, -0.2) is 4.57 Å². The third-order valence-electron chi connectivity index (χ3n) is 9.62. The lowest BCUT2D eigenvalue weighted by molar-refractivity contribution is -0.704. The summed E-state index contributed by atoms with van der Waals surface area (Å²) in [4.78, 5) is 0. The van der Waals surface area contributed by atoms with E-state index in [0.29, 0.717) is 5.92 Å². The van der Waals surface area contributed by atoms with Crippen LogP contribution in [0.2, 0.25) is 0 Å². The van der Waals surface area contributed by atoms with Gasteiger partial charge in [-0.15, -0.1) is 0 Å². The summed E-state index contributed by atoms with van der Waals surface area (Å²) in [5.74, 6) is 2.03. The molecule has 0 radical (unpaired) electrons. The van der Waals surface area contributed by atoms with Crippen molar-refractivity contribution in [2.45, 2.75) is 175 Å². The largest absolute Gasteiger partial charge is 0.261 e. The summed E-state index contributed by atoms with van der Waals surface area (Å²) in [6, 6.07) is 22.3. The van der Waals surface area contributed by atoms with Crippen LogP contribution in [0.25, 0.3) is 0 Å². The van der Waals surface area contributed by atoms with Gasteiger partial charge in [0.15, 0.2) is 0 Å². The second-order valence-electron chi connectivity index (χ2n) is 13.6. The molecule has 0 bridgehead atoms. The van der Waals surface area contributed by atoms with Crippen LogP contribution < -0.4 is 4.57 Å². The van der Waals surface area contributed by atoms with E-state index >= 15 is 0 Å². The maximum absolute atomic E-state index is 2.74. The number of unbranched alkanes of at least 4 members (excludes halogenated alkanes) is 17. The molecule has 0 aliphatic rings. The van der Waals surface area contributed by atoms with Crippen LogP contribution in [0, 0.1) is 0 Å². The Kier molecular flexibility index (Phi) is 18.9. The summed E-state index contributed by atoms with van der Waals surface area (Å²) >= 11 is 0. The number of nitrogens with zero attached hydrogens (tertiary/aromatic N) is 2. The Hall–Kier alpha value is -2.35. The molecule has 2 heteroatoms. The predicted octanol–water partition coefficient (Wildman–Crippen LogP) is 12.2. The Morgan fingerprint density at radius 1 is 0.568 bits per heavy atom. The van der Waals surface area contributed by atoms with Crippen LogP contribution in [-0.2, 0) is 25.9 Å². The Morgan fingerprint density at radius 3 is 1.59 bits per heavy atom. The van der Waals surface area contributed by atoms with E-state index in [1.54, 1.807) is 0 Å². The van der Waals surface area contributed by atoms with E-state index < -0.39 is 0 Å². The molecule has 1 unspecified atom stereocenters. The van der Waals surface area contributed by atoms with Crippen molar-refractivity contribution in [3.05, 3.63) is 89.5 Å². The molecule has 2 nitrogen and oxygen atoms in total. The van der Waals surface area contributed by atoms with E-state index in [-0.39, 0.29) is 0 Å². The highest BCUT2D eigenvalue weighted by atomic mass is 15.2. The average molecular weight is 600 g/mol. The molecule has 2 aromatic carbocycles. The molecule has 0 N–H and O–H groups in total. The molecule has 3 aromatic rings. The molecule has 244 valence electrons. The number of hydrogen-bond acceptors (Lipinski definition) is 0. The van der Waals surface area contributed by atoms with Crippen LogP contribution in [0.3, 0.4) is 0 Å². The smallest absolute Gasteiger partial charge is 0.234 e. The van der Waals surface area contributed by atoms with Gasteiger partial charge in [-0.3, -0.25) is 0 Å². The van der Waals surface area contributed by atoms with Crippen molar-refractivity contribution in [3.63, 3.8) is 0 Å². The zero-order valence-electron chi connectivity index (χ0n) is 29.1. The van der Waals surface area contributed by atoms with E-state index in [4.69, 9.17) is 0 Å². The van der Waals surface area contributed by atoms with Gasteiger partial charge < -0.3 is 0 Å². The standard InChI is InChI=1S/C42H67N2/c1-4-6-8-10-12-13-14-15-16-17-18-20-28-34-44-41(35-38(3)40-31-25-22-26-32-40)37-43(33-27-19-11-9-7-5-2)42(44)36-39-29-23-21-24-30-39/h21-26,29-32,37-38H,4-20,27-28,33-36H2,1-3H3/q+1. The Balaban J connectivity index is 1.61. The molecule has 0 saturated heterocycles. The highest BCUT2D eigenvalue weighted by Crippen LogP contribution is 2.23. The number of aryl methyl sites for hydroxylation is 1. The molecule has 44 heavy (non-hydrogen) atoms. The highest BCUT2D eigenvalue weighted by molar-refractivity contribution is 5.22. The van der Waals surface area contributed by atoms with Gasteiger partial charge >= 0.3 is 0 Å². The molecule has 0 spiro atoms. The summed E-state index contributed by atoms with van der Waals surface area (Å²) in [6.45, 7) is 9.32. The monoisotopic (exact) mass is 600 g/mol. The highest BCUT2D eigenvalue weighted by Gasteiger charge is 2.25. The van der Waals surface area contributed by atoms with Gasteiger partial charge in [-0.1, -0.05) is 178 Å². The van der Waals surface area contributed by atoms with Gasteiger partial charge in [0.2, 0.25) is 0 Å². The molecule has 0 saturated carbocycles. The first-order valence-corrected chi connectivity index (χ1v) is 18.9. The van der Waals surface area contributed by atoms with E-state index in [1.165, 1.54) is 145 Å². The molecular formula is C42H67N2+.